The predicted octanol–water partition coefficient (Wildman–Crippen LogP) is 1.20. The van der Waals surface area contributed by atoms with Crippen molar-refractivity contribution < 1.29 is 9.84 Å². The Labute approximate surface area is 109 Å². The third-order valence-corrected chi connectivity index (χ3v) is 3.53. The van der Waals surface area contributed by atoms with Gasteiger partial charge < -0.3 is 19.6 Å². The van der Waals surface area contributed by atoms with E-state index in [4.69, 9.17) is 4.74 Å². The summed E-state index contributed by atoms with van der Waals surface area (Å²) in [4.78, 5) is 4.69. The summed E-state index contributed by atoms with van der Waals surface area (Å²) < 4.78 is 5.28. The molecular weight excluding hydrogens is 228 g/mol. The maximum atomic E-state index is 9.20. The fraction of sp³-hybridized carbons (Fsp3) is 0.571. The molecule has 1 atom stereocenters. The van der Waals surface area contributed by atoms with E-state index in [0.29, 0.717) is 6.04 Å². The van der Waals surface area contributed by atoms with Crippen molar-refractivity contribution in [3.63, 3.8) is 0 Å². The lowest BCUT2D eigenvalue weighted by Gasteiger charge is -2.41. The molecule has 1 fully saturated rings. The fourth-order valence-corrected chi connectivity index (χ4v) is 2.54. The van der Waals surface area contributed by atoms with Crippen LogP contribution in [0.2, 0.25) is 0 Å². The molecule has 1 aromatic rings. The Bertz CT molecular complexity index is 384. The minimum Gasteiger partial charge on any atom is -0.497 e. The number of methoxy groups -OCH3 is 1. The normalized spacial score (nSPS) is 21.1. The molecule has 0 saturated carbocycles. The van der Waals surface area contributed by atoms with Crippen LogP contribution in [0.15, 0.2) is 24.3 Å². The second-order valence-electron chi connectivity index (χ2n) is 4.82. The van der Waals surface area contributed by atoms with E-state index in [0.717, 1.165) is 31.8 Å². The largest absolute Gasteiger partial charge is 0.497 e. The highest BCUT2D eigenvalue weighted by molar-refractivity contribution is 5.52. The molecule has 4 nitrogen and oxygen atoms in total. The Balaban J connectivity index is 2.17. The Morgan fingerprint density at radius 2 is 2.22 bits per heavy atom. The molecule has 0 amide bonds. The number of hydrogen-bond acceptors (Lipinski definition) is 4. The van der Waals surface area contributed by atoms with Gasteiger partial charge in [-0.3, -0.25) is 0 Å². The van der Waals surface area contributed by atoms with Crippen LogP contribution in [-0.2, 0) is 0 Å². The second-order valence-corrected chi connectivity index (χ2v) is 4.82. The van der Waals surface area contributed by atoms with Crippen LogP contribution in [0.4, 0.5) is 5.69 Å². The zero-order valence-electron chi connectivity index (χ0n) is 11.2. The summed E-state index contributed by atoms with van der Waals surface area (Å²) in [6.07, 6.45) is 0.807. The second kappa shape index (κ2) is 6.07. The summed E-state index contributed by atoms with van der Waals surface area (Å²) >= 11 is 0. The number of piperazine rings is 1. The lowest BCUT2D eigenvalue weighted by Crippen LogP contribution is -2.52. The molecule has 0 spiro atoms. The highest BCUT2D eigenvalue weighted by Gasteiger charge is 2.25. The number of anilines is 1. The number of likely N-dealkylation sites (N-methyl/N-ethyl adjacent to an activating group) is 1. The van der Waals surface area contributed by atoms with Crippen LogP contribution in [0.5, 0.6) is 5.75 Å². The van der Waals surface area contributed by atoms with Crippen LogP contribution < -0.4 is 9.64 Å². The van der Waals surface area contributed by atoms with E-state index in [-0.39, 0.29) is 6.61 Å². The zero-order chi connectivity index (χ0) is 13.0. The Hall–Kier alpha value is -1.26. The van der Waals surface area contributed by atoms with E-state index < -0.39 is 0 Å². The van der Waals surface area contributed by atoms with Gasteiger partial charge in [0.2, 0.25) is 0 Å². The first-order valence-corrected chi connectivity index (χ1v) is 6.44. The Kier molecular flexibility index (Phi) is 4.44. The first-order valence-electron chi connectivity index (χ1n) is 6.44. The van der Waals surface area contributed by atoms with Crippen molar-refractivity contribution >= 4 is 5.69 Å². The van der Waals surface area contributed by atoms with Crippen molar-refractivity contribution in [2.24, 2.45) is 0 Å². The topological polar surface area (TPSA) is 35.9 Å². The third kappa shape index (κ3) is 2.94. The van der Waals surface area contributed by atoms with Gasteiger partial charge in [-0.15, -0.1) is 0 Å². The minimum absolute atomic E-state index is 0.235. The number of rotatable bonds is 4. The average molecular weight is 250 g/mol. The van der Waals surface area contributed by atoms with Gasteiger partial charge in [0.1, 0.15) is 5.75 Å². The Morgan fingerprint density at radius 3 is 2.94 bits per heavy atom. The third-order valence-electron chi connectivity index (χ3n) is 3.53. The van der Waals surface area contributed by atoms with Gasteiger partial charge >= 0.3 is 0 Å². The highest BCUT2D eigenvalue weighted by atomic mass is 16.5. The Morgan fingerprint density at radius 1 is 1.39 bits per heavy atom. The highest BCUT2D eigenvalue weighted by Crippen LogP contribution is 2.25. The van der Waals surface area contributed by atoms with Gasteiger partial charge in [0.15, 0.2) is 0 Å². The molecule has 0 bridgehead atoms. The van der Waals surface area contributed by atoms with Crippen molar-refractivity contribution in [2.45, 2.75) is 12.5 Å². The van der Waals surface area contributed by atoms with Gasteiger partial charge in [0, 0.05) is 44.0 Å². The van der Waals surface area contributed by atoms with Crippen LogP contribution in [0.25, 0.3) is 0 Å². The van der Waals surface area contributed by atoms with Gasteiger partial charge in [-0.25, -0.2) is 0 Å². The monoisotopic (exact) mass is 250 g/mol. The van der Waals surface area contributed by atoms with E-state index in [9.17, 15) is 5.11 Å². The zero-order valence-corrected chi connectivity index (χ0v) is 11.2. The predicted molar refractivity (Wildman–Crippen MR) is 73.3 cm³/mol. The minimum atomic E-state index is 0.235. The van der Waals surface area contributed by atoms with Crippen LogP contribution in [0.3, 0.4) is 0 Å². The number of aliphatic hydroxyl groups is 1. The van der Waals surface area contributed by atoms with E-state index in [1.54, 1.807) is 7.11 Å². The van der Waals surface area contributed by atoms with E-state index in [1.807, 2.05) is 12.1 Å². The van der Waals surface area contributed by atoms with Gasteiger partial charge in [-0.1, -0.05) is 6.07 Å². The molecule has 1 aliphatic rings. The first-order chi connectivity index (χ1) is 8.74. The maximum absolute atomic E-state index is 9.20. The van der Waals surface area contributed by atoms with Crippen molar-refractivity contribution in [1.82, 2.24) is 4.90 Å². The maximum Gasteiger partial charge on any atom is 0.120 e. The van der Waals surface area contributed by atoms with Gasteiger partial charge in [0.05, 0.1) is 7.11 Å². The van der Waals surface area contributed by atoms with Crippen molar-refractivity contribution in [1.29, 1.82) is 0 Å². The van der Waals surface area contributed by atoms with Crippen LogP contribution >= 0.6 is 0 Å². The molecule has 1 saturated heterocycles. The van der Waals surface area contributed by atoms with E-state index in [2.05, 4.69) is 29.0 Å². The molecule has 1 unspecified atom stereocenters. The molecule has 1 heterocycles. The SMILES string of the molecule is COc1cccc(N2CCN(C)CC2CCO)c1. The molecule has 1 aliphatic heterocycles. The number of ether oxygens (including phenoxy) is 1. The van der Waals surface area contributed by atoms with E-state index >= 15 is 0 Å². The fourth-order valence-electron chi connectivity index (χ4n) is 2.54. The molecule has 18 heavy (non-hydrogen) atoms. The summed E-state index contributed by atoms with van der Waals surface area (Å²) in [6, 6.07) is 8.53. The average Bonchev–Trinajstić information content (AvgIpc) is 2.39. The molecule has 1 aromatic carbocycles. The van der Waals surface area contributed by atoms with Crippen molar-refractivity contribution in [2.75, 3.05) is 45.3 Å². The standard InChI is InChI=1S/C14H22N2O2/c1-15-7-8-16(13(11-15)6-9-17)12-4-3-5-14(10-12)18-2/h3-5,10,13,17H,6-9,11H2,1-2H3. The molecular formula is C14H22N2O2. The summed E-state index contributed by atoms with van der Waals surface area (Å²) in [6.45, 7) is 3.28. The van der Waals surface area contributed by atoms with Crippen LogP contribution in [-0.4, -0.2) is 56.4 Å². The summed E-state index contributed by atoms with van der Waals surface area (Å²) in [5.41, 5.74) is 1.18. The number of hydrogen-bond donors (Lipinski definition) is 1. The van der Waals surface area contributed by atoms with E-state index in [1.165, 1.54) is 5.69 Å². The molecule has 4 heteroatoms. The molecule has 100 valence electrons. The summed E-state index contributed by atoms with van der Waals surface area (Å²) in [7, 11) is 3.82. The molecule has 1 N–H and O–H groups in total. The summed E-state index contributed by atoms with van der Waals surface area (Å²) in [5.74, 6) is 0.883. The molecule has 0 aromatic heterocycles. The number of aliphatic hydroxyl groups excluding tert-OH is 1. The number of benzene rings is 1. The quantitative estimate of drug-likeness (QED) is 0.871. The molecule has 0 radical (unpaired) electrons. The number of nitrogens with zero attached hydrogens (tertiary/aromatic N) is 2. The lowest BCUT2D eigenvalue weighted by atomic mass is 10.1. The van der Waals surface area contributed by atoms with Gasteiger partial charge in [-0.05, 0) is 25.6 Å². The molecule has 2 rings (SSSR count). The first kappa shape index (κ1) is 13.2. The van der Waals surface area contributed by atoms with Crippen LogP contribution in [0.1, 0.15) is 6.42 Å². The van der Waals surface area contributed by atoms with Crippen molar-refractivity contribution in [3.05, 3.63) is 24.3 Å². The molecule has 0 aliphatic carbocycles. The van der Waals surface area contributed by atoms with Crippen molar-refractivity contribution in [3.8, 4) is 5.75 Å². The summed E-state index contributed by atoms with van der Waals surface area (Å²) in [5, 5.41) is 9.20. The van der Waals surface area contributed by atoms with Crippen LogP contribution in [0, 0.1) is 0 Å². The lowest BCUT2D eigenvalue weighted by molar-refractivity contribution is 0.219. The van der Waals surface area contributed by atoms with Gasteiger partial charge in [-0.2, -0.15) is 0 Å². The van der Waals surface area contributed by atoms with Gasteiger partial charge in [0.25, 0.3) is 0 Å². The smallest absolute Gasteiger partial charge is 0.120 e.